The fourth-order valence-corrected chi connectivity index (χ4v) is 5.18. The van der Waals surface area contributed by atoms with Gasteiger partial charge in [0.15, 0.2) is 0 Å². The van der Waals surface area contributed by atoms with E-state index in [0.717, 1.165) is 0 Å². The van der Waals surface area contributed by atoms with E-state index in [1.165, 1.54) is 37.4 Å². The topological polar surface area (TPSA) is 102 Å². The minimum absolute atomic E-state index is 0.000908. The Bertz CT molecular complexity index is 1220. The van der Waals surface area contributed by atoms with Gasteiger partial charge < -0.3 is 4.74 Å². The number of methoxy groups -OCH3 is 1. The van der Waals surface area contributed by atoms with Crippen molar-refractivity contribution in [3.63, 3.8) is 0 Å². The smallest absolute Gasteiger partial charge is 0.263 e. The van der Waals surface area contributed by atoms with Crippen LogP contribution in [0.4, 0.5) is 11.4 Å². The van der Waals surface area contributed by atoms with Crippen LogP contribution in [0.2, 0.25) is 0 Å². The predicted octanol–water partition coefficient (Wildman–Crippen LogP) is 3.61. The van der Waals surface area contributed by atoms with E-state index in [4.69, 9.17) is 4.74 Å². The predicted molar refractivity (Wildman–Crippen MR) is 112 cm³/mol. The number of anilines is 2. The van der Waals surface area contributed by atoms with Gasteiger partial charge in [-0.1, -0.05) is 30.3 Å². The van der Waals surface area contributed by atoms with Crippen LogP contribution in [-0.4, -0.2) is 23.9 Å². The molecule has 3 rings (SSSR count). The Labute approximate surface area is 170 Å². The van der Waals surface area contributed by atoms with Crippen LogP contribution < -0.4 is 14.2 Å². The van der Waals surface area contributed by atoms with Gasteiger partial charge in [0.25, 0.3) is 20.0 Å². The Hall–Kier alpha value is -3.04. The minimum atomic E-state index is -4.01. The van der Waals surface area contributed by atoms with E-state index in [9.17, 15) is 16.8 Å². The lowest BCUT2D eigenvalue weighted by molar-refractivity contribution is 0.411. The lowest BCUT2D eigenvalue weighted by Gasteiger charge is -2.15. The second-order valence-corrected chi connectivity index (χ2v) is 9.54. The number of ether oxygens (including phenoxy) is 1. The van der Waals surface area contributed by atoms with Crippen molar-refractivity contribution in [3.05, 3.63) is 78.4 Å². The Morgan fingerprint density at radius 1 is 0.759 bits per heavy atom. The number of rotatable bonds is 7. The molecule has 0 bridgehead atoms. The fourth-order valence-electron chi connectivity index (χ4n) is 2.72. The summed E-state index contributed by atoms with van der Waals surface area (Å²) in [6, 6.07) is 18.6. The number of sulfonamides is 2. The summed E-state index contributed by atoms with van der Waals surface area (Å²) >= 11 is 0. The Morgan fingerprint density at radius 2 is 1.41 bits per heavy atom. The van der Waals surface area contributed by atoms with E-state index in [-0.39, 0.29) is 15.5 Å². The first kappa shape index (κ1) is 20.7. The van der Waals surface area contributed by atoms with Gasteiger partial charge in [0, 0.05) is 5.69 Å². The highest BCUT2D eigenvalue weighted by Gasteiger charge is 2.23. The summed E-state index contributed by atoms with van der Waals surface area (Å²) in [7, 11) is -6.53. The molecule has 2 N–H and O–H groups in total. The maximum absolute atomic E-state index is 12.8. The van der Waals surface area contributed by atoms with E-state index in [1.54, 1.807) is 49.4 Å². The van der Waals surface area contributed by atoms with Gasteiger partial charge in [-0.15, -0.1) is 0 Å². The average molecular weight is 433 g/mol. The van der Waals surface area contributed by atoms with Crippen LogP contribution >= 0.6 is 0 Å². The largest absolute Gasteiger partial charge is 0.496 e. The van der Waals surface area contributed by atoms with E-state index < -0.39 is 20.0 Å². The number of nitrogens with one attached hydrogen (secondary N) is 2. The second kappa shape index (κ2) is 8.14. The minimum Gasteiger partial charge on any atom is -0.496 e. The zero-order valence-electron chi connectivity index (χ0n) is 15.8. The van der Waals surface area contributed by atoms with Crippen LogP contribution in [0.15, 0.2) is 82.6 Å². The quantitative estimate of drug-likeness (QED) is 0.594. The molecule has 9 heteroatoms. The summed E-state index contributed by atoms with van der Waals surface area (Å²) in [4.78, 5) is -0.184. The van der Waals surface area contributed by atoms with Gasteiger partial charge in [0.1, 0.15) is 10.6 Å². The molecule has 0 radical (unpaired) electrons. The molecule has 3 aromatic carbocycles. The molecule has 0 fully saturated rings. The number of aryl methyl sites for hydroxylation is 1. The first-order valence-corrected chi connectivity index (χ1v) is 11.5. The van der Waals surface area contributed by atoms with Crippen molar-refractivity contribution in [3.8, 4) is 5.75 Å². The van der Waals surface area contributed by atoms with Gasteiger partial charge >= 0.3 is 0 Å². The second-order valence-electron chi connectivity index (χ2n) is 6.20. The van der Waals surface area contributed by atoms with E-state index in [1.807, 2.05) is 0 Å². The first-order chi connectivity index (χ1) is 13.7. The molecule has 3 aromatic rings. The van der Waals surface area contributed by atoms with Gasteiger partial charge in [-0.05, 0) is 55.0 Å². The number of para-hydroxylation sites is 2. The molecule has 0 spiro atoms. The molecule has 7 nitrogen and oxygen atoms in total. The van der Waals surface area contributed by atoms with Gasteiger partial charge in [-0.2, -0.15) is 0 Å². The Balaban J connectivity index is 1.96. The van der Waals surface area contributed by atoms with Crippen LogP contribution in [0.1, 0.15) is 5.56 Å². The van der Waals surface area contributed by atoms with Crippen molar-refractivity contribution in [1.82, 2.24) is 0 Å². The molecule has 0 heterocycles. The van der Waals surface area contributed by atoms with Crippen LogP contribution in [0, 0.1) is 6.92 Å². The van der Waals surface area contributed by atoms with E-state index >= 15 is 0 Å². The van der Waals surface area contributed by atoms with Crippen LogP contribution in [-0.2, 0) is 20.0 Å². The van der Waals surface area contributed by atoms with Crippen molar-refractivity contribution in [2.24, 2.45) is 0 Å². The zero-order valence-corrected chi connectivity index (χ0v) is 17.4. The molecular formula is C20H20N2O5S2. The third-order valence-corrected chi connectivity index (χ3v) is 6.93. The van der Waals surface area contributed by atoms with Crippen molar-refractivity contribution in [1.29, 1.82) is 0 Å². The van der Waals surface area contributed by atoms with Crippen molar-refractivity contribution >= 4 is 31.4 Å². The highest BCUT2D eigenvalue weighted by molar-refractivity contribution is 7.94. The molecule has 0 aliphatic rings. The maximum atomic E-state index is 12.8. The van der Waals surface area contributed by atoms with Gasteiger partial charge in [-0.25, -0.2) is 16.8 Å². The lowest BCUT2D eigenvalue weighted by Crippen LogP contribution is -2.19. The highest BCUT2D eigenvalue weighted by atomic mass is 32.2. The lowest BCUT2D eigenvalue weighted by atomic mass is 10.2. The standard InChI is InChI=1S/C20H20N2O5S2/c1-15-14-17(12-13-19(15)27-2)28(23,24)22-18-10-6-7-11-20(18)29(25,26)21-16-8-4-3-5-9-16/h3-14,21-22H,1-2H3. The fraction of sp³-hybridized carbons (Fsp3) is 0.100. The summed E-state index contributed by atoms with van der Waals surface area (Å²) < 4.78 is 61.3. The first-order valence-electron chi connectivity index (χ1n) is 8.57. The third kappa shape index (κ3) is 4.69. The SMILES string of the molecule is COc1ccc(S(=O)(=O)Nc2ccccc2S(=O)(=O)Nc2ccccc2)cc1C. The average Bonchev–Trinajstić information content (AvgIpc) is 2.68. The highest BCUT2D eigenvalue weighted by Crippen LogP contribution is 2.27. The monoisotopic (exact) mass is 432 g/mol. The molecule has 0 aromatic heterocycles. The molecule has 0 saturated carbocycles. The molecule has 152 valence electrons. The molecular weight excluding hydrogens is 412 g/mol. The summed E-state index contributed by atoms with van der Waals surface area (Å²) in [6.07, 6.45) is 0. The van der Waals surface area contributed by atoms with Gasteiger partial charge in [0.05, 0.1) is 17.7 Å². The van der Waals surface area contributed by atoms with Crippen molar-refractivity contribution in [2.45, 2.75) is 16.7 Å². The third-order valence-electron chi connectivity index (χ3n) is 4.12. The molecule has 29 heavy (non-hydrogen) atoms. The van der Waals surface area contributed by atoms with E-state index in [2.05, 4.69) is 9.44 Å². The number of benzene rings is 3. The Morgan fingerprint density at radius 3 is 2.07 bits per heavy atom. The number of hydrogen-bond acceptors (Lipinski definition) is 5. The molecule has 0 aliphatic carbocycles. The maximum Gasteiger partial charge on any atom is 0.263 e. The normalized spacial score (nSPS) is 11.7. The molecule has 0 unspecified atom stereocenters. The van der Waals surface area contributed by atoms with Gasteiger partial charge in [0.2, 0.25) is 0 Å². The van der Waals surface area contributed by atoms with Gasteiger partial charge in [-0.3, -0.25) is 9.44 Å². The summed E-state index contributed by atoms with van der Waals surface area (Å²) in [5.41, 5.74) is 0.961. The van der Waals surface area contributed by atoms with Crippen molar-refractivity contribution < 1.29 is 21.6 Å². The number of hydrogen-bond donors (Lipinski definition) is 2. The molecule has 0 saturated heterocycles. The van der Waals surface area contributed by atoms with Crippen LogP contribution in [0.5, 0.6) is 5.75 Å². The molecule has 0 amide bonds. The summed E-state index contributed by atoms with van der Waals surface area (Å²) in [6.45, 7) is 1.72. The Kier molecular flexibility index (Phi) is 5.81. The van der Waals surface area contributed by atoms with Crippen LogP contribution in [0.3, 0.4) is 0 Å². The van der Waals surface area contributed by atoms with Crippen molar-refractivity contribution in [2.75, 3.05) is 16.6 Å². The zero-order chi connectivity index (χ0) is 21.1. The summed E-state index contributed by atoms with van der Waals surface area (Å²) in [5, 5.41) is 0. The van der Waals surface area contributed by atoms with Crippen LogP contribution in [0.25, 0.3) is 0 Å². The molecule has 0 aliphatic heterocycles. The summed E-state index contributed by atoms with van der Waals surface area (Å²) in [5.74, 6) is 0.555. The molecule has 0 atom stereocenters. The van der Waals surface area contributed by atoms with E-state index in [0.29, 0.717) is 17.0 Å².